The average molecular weight is 338 g/mol. The van der Waals surface area contributed by atoms with Gasteiger partial charge in [0, 0.05) is 18.4 Å². The fourth-order valence-electron chi connectivity index (χ4n) is 4.35. The number of carbonyl (C=O) groups is 1. The van der Waals surface area contributed by atoms with Gasteiger partial charge in [0.05, 0.1) is 23.3 Å². The van der Waals surface area contributed by atoms with E-state index in [2.05, 4.69) is 6.07 Å². The van der Waals surface area contributed by atoms with Crippen LogP contribution in [0, 0.1) is 18.3 Å². The maximum atomic E-state index is 12.7. The Labute approximate surface area is 146 Å². The van der Waals surface area contributed by atoms with E-state index in [1.54, 1.807) is 0 Å². The molecule has 0 saturated heterocycles. The van der Waals surface area contributed by atoms with Crippen LogP contribution in [-0.4, -0.2) is 15.6 Å². The topological polar surface area (TPSA) is 93.9 Å². The highest BCUT2D eigenvalue weighted by atomic mass is 16.5. The molecular weight excluding hydrogens is 316 g/mol. The molecule has 1 aromatic heterocycles. The second-order valence-corrected chi connectivity index (χ2v) is 7.13. The minimum absolute atomic E-state index is 0.0586. The monoisotopic (exact) mass is 338 g/mol. The zero-order valence-electron chi connectivity index (χ0n) is 14.4. The summed E-state index contributed by atoms with van der Waals surface area (Å²) in [6.45, 7) is 1.95. The summed E-state index contributed by atoms with van der Waals surface area (Å²) in [5.41, 5.74) is 8.77. The molecule has 1 atom stereocenters. The van der Waals surface area contributed by atoms with Crippen molar-refractivity contribution >= 4 is 5.78 Å². The second-order valence-electron chi connectivity index (χ2n) is 7.13. The van der Waals surface area contributed by atoms with Gasteiger partial charge in [-0.15, -0.1) is 0 Å². The predicted octanol–water partition coefficient (Wildman–Crippen LogP) is 3.12. The Morgan fingerprint density at radius 1 is 1.32 bits per heavy atom. The van der Waals surface area contributed by atoms with Gasteiger partial charge in [-0.3, -0.25) is 9.48 Å². The second kappa shape index (κ2) is 6.07. The van der Waals surface area contributed by atoms with Crippen LogP contribution in [0.1, 0.15) is 68.3 Å². The standard InChI is InChI=1S/C19H22N4O2/c1-11-9-14(23(22-11)12-5-2-3-6-12)17-13(10-20)19(21)25-16-8-4-7-15(24)18(16)17/h9,12,17H,2-8,21H2,1H3/t17-/m0/s1. The van der Waals surface area contributed by atoms with Gasteiger partial charge in [-0.25, -0.2) is 0 Å². The van der Waals surface area contributed by atoms with E-state index in [1.807, 2.05) is 17.7 Å². The van der Waals surface area contributed by atoms with Crippen molar-refractivity contribution in [1.82, 2.24) is 9.78 Å². The normalized spacial score (nSPS) is 24.3. The molecule has 2 aliphatic carbocycles. The first kappa shape index (κ1) is 15.9. The molecule has 1 saturated carbocycles. The number of nitrogens with zero attached hydrogens (tertiary/aromatic N) is 3. The van der Waals surface area contributed by atoms with Gasteiger partial charge in [-0.2, -0.15) is 10.4 Å². The minimum Gasteiger partial charge on any atom is -0.444 e. The van der Waals surface area contributed by atoms with E-state index < -0.39 is 5.92 Å². The third-order valence-corrected chi connectivity index (χ3v) is 5.46. The van der Waals surface area contributed by atoms with Crippen LogP contribution in [0.5, 0.6) is 0 Å². The predicted molar refractivity (Wildman–Crippen MR) is 91.0 cm³/mol. The molecule has 0 radical (unpaired) electrons. The third kappa shape index (κ3) is 2.55. The molecule has 1 aliphatic heterocycles. The van der Waals surface area contributed by atoms with Gasteiger partial charge in [-0.1, -0.05) is 12.8 Å². The molecule has 3 aliphatic rings. The van der Waals surface area contributed by atoms with Crippen molar-refractivity contribution in [3.63, 3.8) is 0 Å². The average Bonchev–Trinajstić information content (AvgIpc) is 3.23. The number of hydrogen-bond donors (Lipinski definition) is 1. The SMILES string of the molecule is Cc1cc([C@@H]2C(C#N)=C(N)OC3=C2C(=O)CCC3)n(C2CCCC2)n1. The molecule has 6 heteroatoms. The van der Waals surface area contributed by atoms with Crippen LogP contribution in [0.2, 0.25) is 0 Å². The zero-order chi connectivity index (χ0) is 17.6. The number of ether oxygens (including phenoxy) is 1. The van der Waals surface area contributed by atoms with E-state index in [4.69, 9.17) is 15.6 Å². The number of rotatable bonds is 2. The molecule has 4 rings (SSSR count). The maximum absolute atomic E-state index is 12.7. The summed E-state index contributed by atoms with van der Waals surface area (Å²) in [6, 6.07) is 4.51. The first-order chi connectivity index (χ1) is 12.1. The van der Waals surface area contributed by atoms with Gasteiger partial charge in [-0.05, 0) is 32.3 Å². The van der Waals surface area contributed by atoms with Crippen molar-refractivity contribution in [2.45, 2.75) is 63.8 Å². The quantitative estimate of drug-likeness (QED) is 0.894. The van der Waals surface area contributed by atoms with Gasteiger partial charge in [0.15, 0.2) is 5.78 Å². The van der Waals surface area contributed by atoms with Crippen molar-refractivity contribution in [2.75, 3.05) is 0 Å². The lowest BCUT2D eigenvalue weighted by Gasteiger charge is -2.31. The van der Waals surface area contributed by atoms with Crippen molar-refractivity contribution in [3.05, 3.63) is 40.2 Å². The molecule has 130 valence electrons. The van der Waals surface area contributed by atoms with Gasteiger partial charge in [0.1, 0.15) is 17.4 Å². The number of hydrogen-bond acceptors (Lipinski definition) is 5. The number of aromatic nitrogens is 2. The molecule has 1 fully saturated rings. The lowest BCUT2D eigenvalue weighted by Crippen LogP contribution is -2.29. The summed E-state index contributed by atoms with van der Waals surface area (Å²) in [7, 11) is 0. The summed E-state index contributed by atoms with van der Waals surface area (Å²) in [4.78, 5) is 12.7. The number of aryl methyl sites for hydroxylation is 1. The van der Waals surface area contributed by atoms with Gasteiger partial charge in [0.25, 0.3) is 0 Å². The first-order valence-electron chi connectivity index (χ1n) is 9.00. The lowest BCUT2D eigenvalue weighted by atomic mass is 9.79. The molecular formula is C19H22N4O2. The van der Waals surface area contributed by atoms with Crippen LogP contribution < -0.4 is 5.73 Å². The Balaban J connectivity index is 1.89. The van der Waals surface area contributed by atoms with Crippen LogP contribution >= 0.6 is 0 Å². The molecule has 0 aromatic carbocycles. The van der Waals surface area contributed by atoms with E-state index in [0.29, 0.717) is 35.8 Å². The Morgan fingerprint density at radius 2 is 2.08 bits per heavy atom. The van der Waals surface area contributed by atoms with Crippen molar-refractivity contribution in [1.29, 1.82) is 5.26 Å². The van der Waals surface area contributed by atoms with Gasteiger partial charge < -0.3 is 10.5 Å². The number of Topliss-reactive ketones (excluding diaryl/α,β-unsaturated/α-hetero) is 1. The molecule has 2 N–H and O–H groups in total. The first-order valence-corrected chi connectivity index (χ1v) is 9.00. The number of carbonyl (C=O) groups excluding carboxylic acids is 1. The highest BCUT2D eigenvalue weighted by molar-refractivity contribution is 5.99. The number of allylic oxidation sites excluding steroid dienone is 3. The van der Waals surface area contributed by atoms with Gasteiger partial charge >= 0.3 is 0 Å². The molecule has 0 spiro atoms. The van der Waals surface area contributed by atoms with Crippen LogP contribution in [0.3, 0.4) is 0 Å². The Morgan fingerprint density at radius 3 is 2.80 bits per heavy atom. The smallest absolute Gasteiger partial charge is 0.205 e. The van der Waals surface area contributed by atoms with Crippen LogP contribution in [0.25, 0.3) is 0 Å². The molecule has 25 heavy (non-hydrogen) atoms. The molecule has 0 bridgehead atoms. The Kier molecular flexibility index (Phi) is 3.87. The molecule has 6 nitrogen and oxygen atoms in total. The van der Waals surface area contributed by atoms with E-state index in [9.17, 15) is 10.1 Å². The molecule has 0 amide bonds. The van der Waals surface area contributed by atoms with Crippen LogP contribution in [0.4, 0.5) is 0 Å². The summed E-state index contributed by atoms with van der Waals surface area (Å²) >= 11 is 0. The summed E-state index contributed by atoms with van der Waals surface area (Å²) in [5.74, 6) is 0.360. The van der Waals surface area contributed by atoms with E-state index in [-0.39, 0.29) is 11.7 Å². The fraction of sp³-hybridized carbons (Fsp3) is 0.526. The van der Waals surface area contributed by atoms with Crippen LogP contribution in [-0.2, 0) is 9.53 Å². The number of ketones is 1. The highest BCUT2D eigenvalue weighted by Crippen LogP contribution is 2.45. The largest absolute Gasteiger partial charge is 0.444 e. The molecule has 0 unspecified atom stereocenters. The molecule has 2 heterocycles. The zero-order valence-corrected chi connectivity index (χ0v) is 14.4. The fourth-order valence-corrected chi connectivity index (χ4v) is 4.35. The summed E-state index contributed by atoms with van der Waals surface area (Å²) < 4.78 is 7.69. The third-order valence-electron chi connectivity index (χ3n) is 5.46. The molecule has 1 aromatic rings. The Bertz CT molecular complexity index is 834. The summed E-state index contributed by atoms with van der Waals surface area (Å²) in [6.07, 6.45) is 6.48. The van der Waals surface area contributed by atoms with Crippen LogP contribution in [0.15, 0.2) is 28.9 Å². The van der Waals surface area contributed by atoms with Crippen molar-refractivity contribution in [3.8, 4) is 6.07 Å². The maximum Gasteiger partial charge on any atom is 0.205 e. The minimum atomic E-state index is -0.455. The van der Waals surface area contributed by atoms with E-state index >= 15 is 0 Å². The van der Waals surface area contributed by atoms with Crippen molar-refractivity contribution < 1.29 is 9.53 Å². The van der Waals surface area contributed by atoms with E-state index in [1.165, 1.54) is 12.8 Å². The van der Waals surface area contributed by atoms with Crippen molar-refractivity contribution in [2.24, 2.45) is 5.73 Å². The summed E-state index contributed by atoms with van der Waals surface area (Å²) in [5, 5.41) is 14.4. The van der Waals surface area contributed by atoms with Gasteiger partial charge in [0.2, 0.25) is 5.88 Å². The number of nitriles is 1. The Hall–Kier alpha value is -2.55. The van der Waals surface area contributed by atoms with E-state index in [0.717, 1.165) is 30.7 Å². The highest BCUT2D eigenvalue weighted by Gasteiger charge is 2.40. The lowest BCUT2D eigenvalue weighted by molar-refractivity contribution is -0.116. The number of nitrogens with two attached hydrogens (primary N) is 1.